The maximum absolute atomic E-state index is 15.6. The van der Waals surface area contributed by atoms with E-state index in [1.807, 2.05) is 27.0 Å². The number of hydrogen-bond donors (Lipinski definition) is 0. The zero-order valence-corrected chi connectivity index (χ0v) is 21.7. The third-order valence-electron chi connectivity index (χ3n) is 6.40. The molecule has 6 rings (SSSR count). The van der Waals surface area contributed by atoms with Crippen molar-refractivity contribution in [3.63, 3.8) is 0 Å². The molecule has 0 aliphatic carbocycles. The van der Waals surface area contributed by atoms with Crippen LogP contribution < -0.4 is 0 Å². The number of amides is 1. The van der Waals surface area contributed by atoms with Crippen LogP contribution in [0.1, 0.15) is 43.9 Å². The molecule has 4 aromatic heterocycles. The second-order valence-corrected chi connectivity index (χ2v) is 10.6. The molecule has 1 aromatic carbocycles. The molecule has 1 amide bonds. The Morgan fingerprint density at radius 2 is 1.82 bits per heavy atom. The smallest absolute Gasteiger partial charge is 0.410 e. The third kappa shape index (κ3) is 4.53. The summed E-state index contributed by atoms with van der Waals surface area (Å²) in [6.45, 7) is 8.13. The van der Waals surface area contributed by atoms with E-state index >= 15 is 8.78 Å². The van der Waals surface area contributed by atoms with Gasteiger partial charge in [0, 0.05) is 47.6 Å². The summed E-state index contributed by atoms with van der Waals surface area (Å²) in [5.74, 6) is -4.08. The quantitative estimate of drug-likeness (QED) is 0.338. The fourth-order valence-electron chi connectivity index (χ4n) is 4.37. The molecule has 5 aromatic rings. The fraction of sp³-hybridized carbons (Fsp3) is 0.346. The molecule has 1 aliphatic rings. The highest BCUT2D eigenvalue weighted by atomic mass is 19.3. The standard InChI is InChI=1S/C26H25F2N9O2/c1-15-9-30-23-33-32-22(37(23)34-15)26(27,28)19-5-6-21-16(8-19)7-17(10-29-21)18-11-31-36(12-18)20-13-35(14-20)24(38)39-25(2,3)4/h5-12,20H,13-14H2,1-4H3. The predicted octanol–water partition coefficient (Wildman–Crippen LogP) is 4.17. The lowest BCUT2D eigenvalue weighted by atomic mass is 10.0. The van der Waals surface area contributed by atoms with Crippen LogP contribution in [0, 0.1) is 6.92 Å². The Balaban J connectivity index is 1.24. The number of pyridine rings is 1. The van der Waals surface area contributed by atoms with Crippen LogP contribution in [0.5, 0.6) is 0 Å². The molecule has 0 saturated carbocycles. The first-order valence-electron chi connectivity index (χ1n) is 12.3. The highest BCUT2D eigenvalue weighted by molar-refractivity contribution is 5.84. The van der Waals surface area contributed by atoms with Crippen molar-refractivity contribution in [2.45, 2.75) is 45.3 Å². The van der Waals surface area contributed by atoms with Crippen LogP contribution in [0.2, 0.25) is 0 Å². The number of likely N-dealkylation sites (tertiary alicyclic amines) is 1. The number of rotatable bonds is 4. The van der Waals surface area contributed by atoms with Gasteiger partial charge in [-0.25, -0.2) is 9.78 Å². The first kappa shape index (κ1) is 24.8. The highest BCUT2D eigenvalue weighted by Crippen LogP contribution is 2.36. The van der Waals surface area contributed by atoms with Crippen LogP contribution in [0.15, 0.2) is 49.1 Å². The van der Waals surface area contributed by atoms with E-state index in [1.54, 1.807) is 41.0 Å². The Morgan fingerprint density at radius 1 is 1.03 bits per heavy atom. The summed E-state index contributed by atoms with van der Waals surface area (Å²) in [6, 6.07) is 6.08. The normalized spacial score (nSPS) is 14.7. The third-order valence-corrected chi connectivity index (χ3v) is 6.40. The van der Waals surface area contributed by atoms with E-state index < -0.39 is 17.3 Å². The van der Waals surface area contributed by atoms with Crippen LogP contribution in [-0.2, 0) is 10.7 Å². The minimum absolute atomic E-state index is 0.00212. The Kier molecular flexibility index (Phi) is 5.56. The summed E-state index contributed by atoms with van der Waals surface area (Å²) in [4.78, 5) is 22.3. The van der Waals surface area contributed by atoms with Gasteiger partial charge in [0.25, 0.3) is 5.78 Å². The molecular formula is C26H25F2N9O2. The predicted molar refractivity (Wildman–Crippen MR) is 136 cm³/mol. The Bertz CT molecular complexity index is 1720. The maximum atomic E-state index is 15.6. The van der Waals surface area contributed by atoms with Gasteiger partial charge in [0.1, 0.15) is 5.60 Å². The summed E-state index contributed by atoms with van der Waals surface area (Å²) in [6.07, 6.45) is 6.33. The van der Waals surface area contributed by atoms with Gasteiger partial charge in [0.05, 0.1) is 29.6 Å². The first-order valence-corrected chi connectivity index (χ1v) is 12.3. The van der Waals surface area contributed by atoms with E-state index in [4.69, 9.17) is 4.74 Å². The Hall–Kier alpha value is -4.55. The van der Waals surface area contributed by atoms with Gasteiger partial charge >= 0.3 is 12.0 Å². The monoisotopic (exact) mass is 533 g/mol. The van der Waals surface area contributed by atoms with E-state index in [0.717, 1.165) is 15.6 Å². The lowest BCUT2D eigenvalue weighted by Crippen LogP contribution is -2.52. The molecular weight excluding hydrogens is 508 g/mol. The molecule has 0 radical (unpaired) electrons. The average molecular weight is 534 g/mol. The summed E-state index contributed by atoms with van der Waals surface area (Å²) in [5, 5.41) is 16.5. The molecule has 200 valence electrons. The van der Waals surface area contributed by atoms with Crippen molar-refractivity contribution in [3.8, 4) is 11.1 Å². The largest absolute Gasteiger partial charge is 0.444 e. The minimum atomic E-state index is -3.47. The van der Waals surface area contributed by atoms with Crippen molar-refractivity contribution in [1.29, 1.82) is 0 Å². The number of aromatic nitrogens is 8. The Morgan fingerprint density at radius 3 is 2.59 bits per heavy atom. The van der Waals surface area contributed by atoms with E-state index in [2.05, 4.69) is 30.4 Å². The summed E-state index contributed by atoms with van der Waals surface area (Å²) >= 11 is 0. The molecule has 1 fully saturated rings. The van der Waals surface area contributed by atoms with E-state index in [-0.39, 0.29) is 23.5 Å². The van der Waals surface area contributed by atoms with Crippen molar-refractivity contribution in [2.24, 2.45) is 0 Å². The molecule has 0 unspecified atom stereocenters. The van der Waals surface area contributed by atoms with Gasteiger partial charge in [-0.05, 0) is 45.9 Å². The van der Waals surface area contributed by atoms with Crippen molar-refractivity contribution in [1.82, 2.24) is 44.5 Å². The van der Waals surface area contributed by atoms with Crippen molar-refractivity contribution in [2.75, 3.05) is 13.1 Å². The molecule has 1 saturated heterocycles. The van der Waals surface area contributed by atoms with Gasteiger partial charge in [0.2, 0.25) is 5.82 Å². The van der Waals surface area contributed by atoms with Crippen LogP contribution in [0.4, 0.5) is 13.6 Å². The van der Waals surface area contributed by atoms with E-state index in [0.29, 0.717) is 29.7 Å². The van der Waals surface area contributed by atoms with Crippen LogP contribution >= 0.6 is 0 Å². The van der Waals surface area contributed by atoms with Crippen LogP contribution in [-0.4, -0.2) is 69.2 Å². The van der Waals surface area contributed by atoms with Crippen LogP contribution in [0.3, 0.4) is 0 Å². The second-order valence-electron chi connectivity index (χ2n) is 10.6. The van der Waals surface area contributed by atoms with Gasteiger partial charge in [-0.1, -0.05) is 6.07 Å². The summed E-state index contributed by atoms with van der Waals surface area (Å²) < 4.78 is 39.3. The number of nitrogens with zero attached hydrogens (tertiary/aromatic N) is 9. The molecule has 0 spiro atoms. The lowest BCUT2D eigenvalue weighted by Gasteiger charge is -2.39. The SMILES string of the molecule is Cc1cnc2nnc(C(F)(F)c3ccc4ncc(-c5cnn(C6CN(C(=O)OC(C)(C)C)C6)c5)cc4c3)n2n1. The zero-order chi connectivity index (χ0) is 27.5. The van der Waals surface area contributed by atoms with Crippen molar-refractivity contribution in [3.05, 3.63) is 66.1 Å². The number of carbonyl (C=O) groups excluding carboxylic acids is 1. The first-order chi connectivity index (χ1) is 18.5. The summed E-state index contributed by atoms with van der Waals surface area (Å²) in [7, 11) is 0. The highest BCUT2D eigenvalue weighted by Gasteiger charge is 2.40. The van der Waals surface area contributed by atoms with Gasteiger partial charge in [-0.2, -0.15) is 23.5 Å². The van der Waals surface area contributed by atoms with Gasteiger partial charge in [-0.15, -0.1) is 10.2 Å². The average Bonchev–Trinajstić information content (AvgIpc) is 3.49. The number of halogens is 2. The molecule has 0 atom stereocenters. The lowest BCUT2D eigenvalue weighted by molar-refractivity contribution is -0.000396. The second kappa shape index (κ2) is 8.75. The molecule has 0 bridgehead atoms. The number of fused-ring (bicyclic) bond motifs is 2. The number of alkyl halides is 2. The van der Waals surface area contributed by atoms with Gasteiger partial charge < -0.3 is 9.64 Å². The topological polar surface area (TPSA) is 116 Å². The fourth-order valence-corrected chi connectivity index (χ4v) is 4.37. The number of carbonyl (C=O) groups is 1. The van der Waals surface area contributed by atoms with Crippen molar-refractivity contribution < 1.29 is 18.3 Å². The van der Waals surface area contributed by atoms with Gasteiger partial charge in [-0.3, -0.25) is 9.67 Å². The molecule has 5 heterocycles. The molecule has 0 N–H and O–H groups in total. The maximum Gasteiger partial charge on any atom is 0.410 e. The molecule has 11 nitrogen and oxygen atoms in total. The molecule has 39 heavy (non-hydrogen) atoms. The van der Waals surface area contributed by atoms with E-state index in [1.165, 1.54) is 18.3 Å². The summed E-state index contributed by atoms with van der Waals surface area (Å²) in [5.41, 5.74) is 1.73. The van der Waals surface area contributed by atoms with E-state index in [9.17, 15) is 4.79 Å². The zero-order valence-electron chi connectivity index (χ0n) is 21.7. The molecule has 1 aliphatic heterocycles. The van der Waals surface area contributed by atoms with Crippen LogP contribution in [0.25, 0.3) is 27.8 Å². The number of aryl methyl sites for hydroxylation is 1. The number of hydrogen-bond acceptors (Lipinski definition) is 8. The Labute approximate surface area is 221 Å². The number of ether oxygens (including phenoxy) is 1. The van der Waals surface area contributed by atoms with Gasteiger partial charge in [0.15, 0.2) is 0 Å². The number of benzene rings is 1. The molecule has 13 heteroatoms. The van der Waals surface area contributed by atoms with Crippen molar-refractivity contribution >= 4 is 22.8 Å². The minimum Gasteiger partial charge on any atom is -0.444 e.